The van der Waals surface area contributed by atoms with Gasteiger partial charge in [-0.2, -0.15) is 0 Å². The highest BCUT2D eigenvalue weighted by molar-refractivity contribution is 5.66. The van der Waals surface area contributed by atoms with E-state index < -0.39 is 0 Å². The summed E-state index contributed by atoms with van der Waals surface area (Å²) >= 11 is 0. The van der Waals surface area contributed by atoms with Gasteiger partial charge in [0, 0.05) is 24.1 Å². The highest BCUT2D eigenvalue weighted by Crippen LogP contribution is 2.32. The molecule has 3 heterocycles. The third-order valence-corrected chi connectivity index (χ3v) is 4.07. The number of aromatic amines is 1. The van der Waals surface area contributed by atoms with Crippen LogP contribution in [-0.4, -0.2) is 23.1 Å². The summed E-state index contributed by atoms with van der Waals surface area (Å²) in [5.74, 6) is 2.97. The second kappa shape index (κ2) is 3.99. The van der Waals surface area contributed by atoms with Gasteiger partial charge in [-0.15, -0.1) is 0 Å². The standard InChI is InChI=1S/C14H17N3O/c1-2-12-10(4-6-18-12)14-11(1)16-13(17-14)7-9-3-5-15-8-9/h4,6,9,15H,1-3,5,7-8H2,(H,16,17). The molecular formula is C14H17N3O. The van der Waals surface area contributed by atoms with E-state index in [-0.39, 0.29) is 0 Å². The molecule has 1 unspecified atom stereocenters. The van der Waals surface area contributed by atoms with Gasteiger partial charge in [0.15, 0.2) is 0 Å². The number of nitrogens with one attached hydrogen (secondary N) is 2. The first-order valence-electron chi connectivity index (χ1n) is 6.75. The minimum Gasteiger partial charge on any atom is -0.469 e. The lowest BCUT2D eigenvalue weighted by Gasteiger charge is -2.08. The Morgan fingerprint density at radius 2 is 2.39 bits per heavy atom. The van der Waals surface area contributed by atoms with Crippen LogP contribution in [0.4, 0.5) is 0 Å². The molecule has 1 fully saturated rings. The molecule has 1 saturated heterocycles. The van der Waals surface area contributed by atoms with Crippen LogP contribution < -0.4 is 5.32 Å². The first-order chi connectivity index (χ1) is 8.90. The maximum atomic E-state index is 5.49. The van der Waals surface area contributed by atoms with Gasteiger partial charge in [0.25, 0.3) is 0 Å². The highest BCUT2D eigenvalue weighted by Gasteiger charge is 2.24. The van der Waals surface area contributed by atoms with Crippen molar-refractivity contribution >= 4 is 0 Å². The number of hydrogen-bond donors (Lipinski definition) is 2. The van der Waals surface area contributed by atoms with Gasteiger partial charge in [-0.1, -0.05) is 0 Å². The normalized spacial score (nSPS) is 21.9. The molecule has 1 aliphatic carbocycles. The van der Waals surface area contributed by atoms with Crippen molar-refractivity contribution in [2.75, 3.05) is 13.1 Å². The predicted molar refractivity (Wildman–Crippen MR) is 68.4 cm³/mol. The summed E-state index contributed by atoms with van der Waals surface area (Å²) in [5, 5.41) is 3.41. The van der Waals surface area contributed by atoms with Crippen LogP contribution >= 0.6 is 0 Å². The Morgan fingerprint density at radius 3 is 3.28 bits per heavy atom. The Labute approximate surface area is 106 Å². The molecule has 4 rings (SSSR count). The molecule has 18 heavy (non-hydrogen) atoms. The lowest BCUT2D eigenvalue weighted by atomic mass is 10.00. The first-order valence-corrected chi connectivity index (χ1v) is 6.75. The fraction of sp³-hybridized carbons (Fsp3) is 0.500. The number of hydrogen-bond acceptors (Lipinski definition) is 3. The molecule has 2 aromatic heterocycles. The average molecular weight is 243 g/mol. The van der Waals surface area contributed by atoms with Gasteiger partial charge in [0.1, 0.15) is 11.6 Å². The SMILES string of the molecule is c1cc2c(o1)CCc1[nH]c(CC3CCNC3)nc1-2. The fourth-order valence-electron chi connectivity index (χ4n) is 3.11. The molecule has 2 N–H and O–H groups in total. The third kappa shape index (κ3) is 1.60. The van der Waals surface area contributed by atoms with Gasteiger partial charge >= 0.3 is 0 Å². The van der Waals surface area contributed by atoms with E-state index in [4.69, 9.17) is 9.40 Å². The van der Waals surface area contributed by atoms with Crippen molar-refractivity contribution in [3.05, 3.63) is 29.6 Å². The van der Waals surface area contributed by atoms with Gasteiger partial charge in [-0.25, -0.2) is 4.98 Å². The molecule has 0 radical (unpaired) electrons. The van der Waals surface area contributed by atoms with Gasteiger partial charge in [0.2, 0.25) is 0 Å². The zero-order valence-corrected chi connectivity index (χ0v) is 10.3. The summed E-state index contributed by atoms with van der Waals surface area (Å²) in [6.07, 6.45) is 6.11. The second-order valence-corrected chi connectivity index (χ2v) is 5.33. The monoisotopic (exact) mass is 243 g/mol. The molecule has 1 atom stereocenters. The molecule has 0 spiro atoms. The number of aromatic nitrogens is 2. The summed E-state index contributed by atoms with van der Waals surface area (Å²) < 4.78 is 5.49. The molecule has 1 aliphatic heterocycles. The fourth-order valence-corrected chi connectivity index (χ4v) is 3.11. The van der Waals surface area contributed by atoms with Crippen LogP contribution in [0, 0.1) is 5.92 Å². The molecule has 4 nitrogen and oxygen atoms in total. The molecule has 0 aromatic carbocycles. The van der Waals surface area contributed by atoms with Crippen LogP contribution in [0.15, 0.2) is 16.7 Å². The highest BCUT2D eigenvalue weighted by atomic mass is 16.3. The quantitative estimate of drug-likeness (QED) is 0.847. The van der Waals surface area contributed by atoms with E-state index in [0.717, 1.165) is 55.5 Å². The zero-order valence-electron chi connectivity index (χ0n) is 10.3. The van der Waals surface area contributed by atoms with Crippen molar-refractivity contribution in [3.8, 4) is 11.3 Å². The maximum Gasteiger partial charge on any atom is 0.113 e. The molecule has 0 saturated carbocycles. The topological polar surface area (TPSA) is 53.9 Å². The predicted octanol–water partition coefficient (Wildman–Crippen LogP) is 1.92. The van der Waals surface area contributed by atoms with Crippen molar-refractivity contribution in [3.63, 3.8) is 0 Å². The smallest absolute Gasteiger partial charge is 0.113 e. The molecular weight excluding hydrogens is 226 g/mol. The van der Waals surface area contributed by atoms with E-state index in [0.29, 0.717) is 0 Å². The Morgan fingerprint density at radius 1 is 1.39 bits per heavy atom. The number of nitrogens with zero attached hydrogens (tertiary/aromatic N) is 1. The Balaban J connectivity index is 1.65. The Bertz CT molecular complexity index is 563. The number of H-pyrrole nitrogens is 1. The van der Waals surface area contributed by atoms with Crippen molar-refractivity contribution in [2.24, 2.45) is 5.92 Å². The van der Waals surface area contributed by atoms with Crippen molar-refractivity contribution in [1.29, 1.82) is 0 Å². The van der Waals surface area contributed by atoms with E-state index >= 15 is 0 Å². The number of rotatable bonds is 2. The van der Waals surface area contributed by atoms with Crippen molar-refractivity contribution in [2.45, 2.75) is 25.7 Å². The molecule has 94 valence electrons. The summed E-state index contributed by atoms with van der Waals surface area (Å²) in [7, 11) is 0. The molecule has 0 amide bonds. The molecule has 0 bridgehead atoms. The van der Waals surface area contributed by atoms with Crippen LogP contribution in [-0.2, 0) is 19.3 Å². The van der Waals surface area contributed by atoms with E-state index in [1.807, 2.05) is 6.07 Å². The summed E-state index contributed by atoms with van der Waals surface area (Å²) in [6, 6.07) is 2.04. The minimum absolute atomic E-state index is 0.737. The molecule has 4 heteroatoms. The number of aryl methyl sites for hydroxylation is 2. The van der Waals surface area contributed by atoms with Crippen molar-refractivity contribution in [1.82, 2.24) is 15.3 Å². The number of furan rings is 1. The van der Waals surface area contributed by atoms with Crippen LogP contribution in [0.5, 0.6) is 0 Å². The Hall–Kier alpha value is -1.55. The van der Waals surface area contributed by atoms with E-state index in [1.54, 1.807) is 6.26 Å². The maximum absolute atomic E-state index is 5.49. The summed E-state index contributed by atoms with van der Waals surface area (Å²) in [6.45, 7) is 2.28. The van der Waals surface area contributed by atoms with Gasteiger partial charge in [-0.3, -0.25) is 0 Å². The van der Waals surface area contributed by atoms with Crippen LogP contribution in [0.25, 0.3) is 11.3 Å². The average Bonchev–Trinajstić information content (AvgIpc) is 3.06. The van der Waals surface area contributed by atoms with E-state index in [9.17, 15) is 0 Å². The summed E-state index contributed by atoms with van der Waals surface area (Å²) in [5.41, 5.74) is 3.58. The minimum atomic E-state index is 0.737. The second-order valence-electron chi connectivity index (χ2n) is 5.33. The van der Waals surface area contributed by atoms with Crippen LogP contribution in [0.3, 0.4) is 0 Å². The van der Waals surface area contributed by atoms with Crippen LogP contribution in [0.2, 0.25) is 0 Å². The zero-order chi connectivity index (χ0) is 11.9. The lowest BCUT2D eigenvalue weighted by molar-refractivity contribution is 0.506. The summed E-state index contributed by atoms with van der Waals surface area (Å²) in [4.78, 5) is 8.30. The number of fused-ring (bicyclic) bond motifs is 3. The molecule has 2 aromatic rings. The van der Waals surface area contributed by atoms with Gasteiger partial charge in [-0.05, 0) is 37.9 Å². The first kappa shape index (κ1) is 10.4. The lowest BCUT2D eigenvalue weighted by Crippen LogP contribution is -2.11. The van der Waals surface area contributed by atoms with E-state index in [1.165, 1.54) is 17.7 Å². The van der Waals surface area contributed by atoms with Crippen molar-refractivity contribution < 1.29 is 4.42 Å². The largest absolute Gasteiger partial charge is 0.469 e. The van der Waals surface area contributed by atoms with Gasteiger partial charge < -0.3 is 14.7 Å². The third-order valence-electron chi connectivity index (χ3n) is 4.07. The Kier molecular flexibility index (Phi) is 2.30. The number of imidazole rings is 1. The van der Waals surface area contributed by atoms with E-state index in [2.05, 4.69) is 10.3 Å². The van der Waals surface area contributed by atoms with Crippen LogP contribution in [0.1, 0.15) is 23.7 Å². The molecule has 2 aliphatic rings. The van der Waals surface area contributed by atoms with Gasteiger partial charge in [0.05, 0.1) is 12.0 Å².